The van der Waals surface area contributed by atoms with E-state index in [1.165, 1.54) is 31.4 Å². The van der Waals surface area contributed by atoms with Crippen molar-refractivity contribution in [2.45, 2.75) is 39.0 Å². The fraction of sp³-hybridized carbons (Fsp3) is 0.692. The number of aliphatic hydroxyl groups excluding tert-OH is 1. The van der Waals surface area contributed by atoms with Crippen LogP contribution in [0, 0.1) is 0 Å². The number of hydrogen-bond acceptors (Lipinski definition) is 2. The smallest absolute Gasteiger partial charge is 0.0434 e. The van der Waals surface area contributed by atoms with E-state index < -0.39 is 0 Å². The lowest BCUT2D eigenvalue weighted by Crippen LogP contribution is -2.21. The molecular formula is C13H23NO. The van der Waals surface area contributed by atoms with Gasteiger partial charge >= 0.3 is 0 Å². The number of rotatable bonds is 7. The summed E-state index contributed by atoms with van der Waals surface area (Å²) < 4.78 is 0. The molecule has 0 saturated carbocycles. The minimum atomic E-state index is 0.297. The quantitative estimate of drug-likeness (QED) is 0.652. The Labute approximate surface area is 93.3 Å². The van der Waals surface area contributed by atoms with Gasteiger partial charge < -0.3 is 10.0 Å². The summed E-state index contributed by atoms with van der Waals surface area (Å²) in [5, 5.41) is 8.73. The van der Waals surface area contributed by atoms with Gasteiger partial charge in [-0.2, -0.15) is 0 Å². The Kier molecular flexibility index (Phi) is 6.17. The molecule has 0 aromatic rings. The summed E-state index contributed by atoms with van der Waals surface area (Å²) in [6, 6.07) is 0. The molecule has 15 heavy (non-hydrogen) atoms. The van der Waals surface area contributed by atoms with Crippen molar-refractivity contribution in [2.24, 2.45) is 0 Å². The van der Waals surface area contributed by atoms with Crippen LogP contribution in [0.25, 0.3) is 0 Å². The Balaban J connectivity index is 2.17. The van der Waals surface area contributed by atoms with Gasteiger partial charge in [0.05, 0.1) is 0 Å². The van der Waals surface area contributed by atoms with E-state index in [9.17, 15) is 0 Å². The first-order valence-electron chi connectivity index (χ1n) is 6.09. The molecule has 0 fully saturated rings. The molecule has 0 unspecified atom stereocenters. The van der Waals surface area contributed by atoms with Crippen LogP contribution in [0.5, 0.6) is 0 Å². The van der Waals surface area contributed by atoms with Crippen molar-refractivity contribution in [1.82, 2.24) is 4.90 Å². The summed E-state index contributed by atoms with van der Waals surface area (Å²) in [4.78, 5) is 2.36. The van der Waals surface area contributed by atoms with Gasteiger partial charge in [0.15, 0.2) is 0 Å². The molecule has 2 nitrogen and oxygen atoms in total. The minimum absolute atomic E-state index is 0.297. The lowest BCUT2D eigenvalue weighted by Gasteiger charge is -2.22. The third kappa shape index (κ3) is 5.03. The second kappa shape index (κ2) is 7.52. The largest absolute Gasteiger partial charge is 0.396 e. The van der Waals surface area contributed by atoms with Crippen LogP contribution in [0.15, 0.2) is 23.9 Å². The van der Waals surface area contributed by atoms with Crippen molar-refractivity contribution < 1.29 is 5.11 Å². The summed E-state index contributed by atoms with van der Waals surface area (Å²) >= 11 is 0. The summed E-state index contributed by atoms with van der Waals surface area (Å²) in [6.45, 7) is 4.75. The van der Waals surface area contributed by atoms with Gasteiger partial charge in [-0.25, -0.2) is 0 Å². The van der Waals surface area contributed by atoms with Crippen LogP contribution in [0.1, 0.15) is 39.0 Å². The molecule has 0 bridgehead atoms. The normalized spacial score (nSPS) is 15.6. The van der Waals surface area contributed by atoms with E-state index in [0.29, 0.717) is 6.61 Å². The maximum Gasteiger partial charge on any atom is 0.0434 e. The highest BCUT2D eigenvalue weighted by atomic mass is 16.2. The molecule has 1 aliphatic heterocycles. The molecule has 0 aliphatic carbocycles. The molecule has 1 N–H and O–H groups in total. The fourth-order valence-electron chi connectivity index (χ4n) is 1.76. The van der Waals surface area contributed by atoms with Gasteiger partial charge in [0.2, 0.25) is 0 Å². The Morgan fingerprint density at radius 1 is 1.33 bits per heavy atom. The van der Waals surface area contributed by atoms with Gasteiger partial charge in [-0.3, -0.25) is 0 Å². The topological polar surface area (TPSA) is 23.5 Å². The van der Waals surface area contributed by atoms with Crippen molar-refractivity contribution in [3.05, 3.63) is 23.9 Å². The van der Waals surface area contributed by atoms with E-state index in [4.69, 9.17) is 5.11 Å². The second-order valence-electron chi connectivity index (χ2n) is 4.12. The first-order valence-corrected chi connectivity index (χ1v) is 6.09. The van der Waals surface area contributed by atoms with E-state index in [1.807, 2.05) is 0 Å². The highest BCUT2D eigenvalue weighted by molar-refractivity contribution is 5.22. The highest BCUT2D eigenvalue weighted by Crippen LogP contribution is 2.13. The van der Waals surface area contributed by atoms with Crippen molar-refractivity contribution in [3.63, 3.8) is 0 Å². The molecule has 1 rings (SSSR count). The number of unbranched alkanes of at least 4 members (excludes halogenated alkanes) is 2. The van der Waals surface area contributed by atoms with Crippen LogP contribution < -0.4 is 0 Å². The third-order valence-electron chi connectivity index (χ3n) is 2.76. The lowest BCUT2D eigenvalue weighted by molar-refractivity contribution is 0.288. The second-order valence-corrected chi connectivity index (χ2v) is 4.12. The van der Waals surface area contributed by atoms with Crippen molar-refractivity contribution in [2.75, 3.05) is 19.7 Å². The minimum Gasteiger partial charge on any atom is -0.396 e. The molecule has 0 aromatic heterocycles. The molecule has 0 radical (unpaired) electrons. The summed E-state index contributed by atoms with van der Waals surface area (Å²) in [6.07, 6.45) is 12.5. The molecule has 1 aliphatic rings. The van der Waals surface area contributed by atoms with Crippen molar-refractivity contribution in [3.8, 4) is 0 Å². The molecule has 0 spiro atoms. The molecule has 86 valence electrons. The summed E-state index contributed by atoms with van der Waals surface area (Å²) in [5.41, 5.74) is 1.37. The van der Waals surface area contributed by atoms with Crippen molar-refractivity contribution in [1.29, 1.82) is 0 Å². The highest BCUT2D eigenvalue weighted by Gasteiger charge is 2.03. The monoisotopic (exact) mass is 209 g/mol. The maximum atomic E-state index is 8.73. The zero-order valence-electron chi connectivity index (χ0n) is 9.78. The average Bonchev–Trinajstić information content (AvgIpc) is 2.28. The zero-order chi connectivity index (χ0) is 10.9. The van der Waals surface area contributed by atoms with Gasteiger partial charge in [0.25, 0.3) is 0 Å². The third-order valence-corrected chi connectivity index (χ3v) is 2.76. The van der Waals surface area contributed by atoms with Crippen LogP contribution in [0.4, 0.5) is 0 Å². The first kappa shape index (κ1) is 12.3. The number of allylic oxidation sites excluding steroid dienone is 2. The Morgan fingerprint density at radius 2 is 2.20 bits per heavy atom. The van der Waals surface area contributed by atoms with Crippen LogP contribution in [0.3, 0.4) is 0 Å². The van der Waals surface area contributed by atoms with Gasteiger partial charge in [0, 0.05) is 19.7 Å². The first-order chi connectivity index (χ1) is 7.36. The van der Waals surface area contributed by atoms with E-state index in [-0.39, 0.29) is 0 Å². The number of aliphatic hydroxyl groups is 1. The Hall–Kier alpha value is -0.760. The van der Waals surface area contributed by atoms with Crippen LogP contribution in [-0.2, 0) is 0 Å². The van der Waals surface area contributed by atoms with E-state index in [2.05, 4.69) is 30.2 Å². The molecule has 0 atom stereocenters. The molecule has 1 heterocycles. The van der Waals surface area contributed by atoms with Crippen LogP contribution in [-0.4, -0.2) is 29.7 Å². The van der Waals surface area contributed by atoms with Crippen LogP contribution >= 0.6 is 0 Å². The van der Waals surface area contributed by atoms with Crippen LogP contribution in [0.2, 0.25) is 0 Å². The predicted molar refractivity (Wildman–Crippen MR) is 64.6 cm³/mol. The van der Waals surface area contributed by atoms with Crippen molar-refractivity contribution >= 4 is 0 Å². The summed E-state index contributed by atoms with van der Waals surface area (Å²) in [7, 11) is 0. The molecule has 0 amide bonds. The number of nitrogens with zero attached hydrogens (tertiary/aromatic N) is 1. The zero-order valence-corrected chi connectivity index (χ0v) is 9.78. The number of hydrogen-bond donors (Lipinski definition) is 1. The van der Waals surface area contributed by atoms with Gasteiger partial charge in [0.1, 0.15) is 0 Å². The standard InChI is InChI=1S/C13H23NO/c1-2-3-4-9-14-10-7-13(8-11-14)6-5-12-15/h7-8,10,15H,2-6,9,11-12H2,1H3. The van der Waals surface area contributed by atoms with E-state index in [1.54, 1.807) is 0 Å². The van der Waals surface area contributed by atoms with Gasteiger partial charge in [-0.15, -0.1) is 0 Å². The maximum absolute atomic E-state index is 8.73. The lowest BCUT2D eigenvalue weighted by atomic mass is 10.1. The average molecular weight is 209 g/mol. The molecule has 2 heteroatoms. The molecule has 0 aromatic carbocycles. The Bertz CT molecular complexity index is 221. The Morgan fingerprint density at radius 3 is 2.80 bits per heavy atom. The van der Waals surface area contributed by atoms with E-state index >= 15 is 0 Å². The van der Waals surface area contributed by atoms with Gasteiger partial charge in [-0.05, 0) is 37.1 Å². The van der Waals surface area contributed by atoms with E-state index in [0.717, 1.165) is 19.4 Å². The molecule has 0 saturated heterocycles. The fourth-order valence-corrected chi connectivity index (χ4v) is 1.76. The SMILES string of the molecule is CCCCCN1C=CC(CCCO)=CC1. The summed E-state index contributed by atoms with van der Waals surface area (Å²) in [5.74, 6) is 0. The molecular weight excluding hydrogens is 186 g/mol. The van der Waals surface area contributed by atoms with Gasteiger partial charge in [-0.1, -0.05) is 25.8 Å². The predicted octanol–water partition coefficient (Wildman–Crippen LogP) is 2.70.